The van der Waals surface area contributed by atoms with Gasteiger partial charge in [0.15, 0.2) is 5.82 Å². The standard InChI is InChI=1S/C16H25N3O3S/c1-16(2,3)22-14(20)8-11-23-12-6-5-9-19(15(12)21)13-7-10-18(4)17-13/h7,10,12H,5-6,8-9,11H2,1-4H3. The van der Waals surface area contributed by atoms with Crippen LogP contribution in [-0.2, 0) is 21.4 Å². The first kappa shape index (κ1) is 17.8. The third-order valence-corrected chi connectivity index (χ3v) is 4.69. The highest BCUT2D eigenvalue weighted by Crippen LogP contribution is 2.27. The maximum Gasteiger partial charge on any atom is 0.307 e. The molecular formula is C16H25N3O3S. The highest BCUT2D eigenvalue weighted by atomic mass is 32.2. The molecule has 0 radical (unpaired) electrons. The Morgan fingerprint density at radius 2 is 2.22 bits per heavy atom. The van der Waals surface area contributed by atoms with Crippen molar-refractivity contribution in [2.24, 2.45) is 7.05 Å². The molecule has 0 aliphatic carbocycles. The van der Waals surface area contributed by atoms with Crippen LogP contribution < -0.4 is 4.90 Å². The van der Waals surface area contributed by atoms with E-state index in [2.05, 4.69) is 5.10 Å². The number of aromatic nitrogens is 2. The Bertz CT molecular complexity index is 565. The molecule has 7 heteroatoms. The summed E-state index contributed by atoms with van der Waals surface area (Å²) in [6.45, 7) is 6.27. The Kier molecular flexibility index (Phi) is 5.73. The SMILES string of the molecule is Cn1ccc(N2CCCC(SCCC(=O)OC(C)(C)C)C2=O)n1. The van der Waals surface area contributed by atoms with E-state index in [0.717, 1.165) is 12.8 Å². The minimum atomic E-state index is -0.460. The Morgan fingerprint density at radius 3 is 2.83 bits per heavy atom. The summed E-state index contributed by atoms with van der Waals surface area (Å²) in [5.74, 6) is 1.18. The predicted octanol–water partition coefficient (Wildman–Crippen LogP) is 2.38. The van der Waals surface area contributed by atoms with Crippen LogP contribution in [0.1, 0.15) is 40.0 Å². The third-order valence-electron chi connectivity index (χ3n) is 3.41. The van der Waals surface area contributed by atoms with Crippen molar-refractivity contribution in [2.75, 3.05) is 17.2 Å². The van der Waals surface area contributed by atoms with Gasteiger partial charge in [-0.2, -0.15) is 5.10 Å². The summed E-state index contributed by atoms with van der Waals surface area (Å²) in [5, 5.41) is 4.20. The van der Waals surface area contributed by atoms with Crippen molar-refractivity contribution in [1.82, 2.24) is 9.78 Å². The average Bonchev–Trinajstić information content (AvgIpc) is 2.85. The van der Waals surface area contributed by atoms with Crippen LogP contribution in [0, 0.1) is 0 Å². The number of anilines is 1. The first-order valence-corrected chi connectivity index (χ1v) is 8.95. The predicted molar refractivity (Wildman–Crippen MR) is 91.5 cm³/mol. The zero-order valence-corrected chi connectivity index (χ0v) is 15.1. The van der Waals surface area contributed by atoms with E-state index in [9.17, 15) is 9.59 Å². The molecule has 0 bridgehead atoms. The lowest BCUT2D eigenvalue weighted by Gasteiger charge is -2.30. The molecule has 0 spiro atoms. The highest BCUT2D eigenvalue weighted by molar-refractivity contribution is 8.00. The van der Waals surface area contributed by atoms with Gasteiger partial charge < -0.3 is 4.74 Å². The molecule has 0 aromatic carbocycles. The summed E-state index contributed by atoms with van der Waals surface area (Å²) in [6, 6.07) is 1.85. The zero-order chi connectivity index (χ0) is 17.0. The minimum Gasteiger partial charge on any atom is -0.460 e. The molecule has 1 aliphatic heterocycles. The van der Waals surface area contributed by atoms with E-state index in [1.807, 2.05) is 40.1 Å². The van der Waals surface area contributed by atoms with Crippen LogP contribution in [0.2, 0.25) is 0 Å². The fourth-order valence-electron chi connectivity index (χ4n) is 2.45. The van der Waals surface area contributed by atoms with Crippen LogP contribution in [0.3, 0.4) is 0 Å². The monoisotopic (exact) mass is 339 g/mol. The quantitative estimate of drug-likeness (QED) is 0.771. The lowest BCUT2D eigenvalue weighted by Crippen LogP contribution is -2.43. The summed E-state index contributed by atoms with van der Waals surface area (Å²) >= 11 is 1.54. The number of nitrogens with zero attached hydrogens (tertiary/aromatic N) is 3. The van der Waals surface area contributed by atoms with Gasteiger partial charge in [-0.3, -0.25) is 19.2 Å². The van der Waals surface area contributed by atoms with E-state index in [-0.39, 0.29) is 17.1 Å². The van der Waals surface area contributed by atoms with Crippen LogP contribution in [-0.4, -0.2) is 44.8 Å². The van der Waals surface area contributed by atoms with Crippen molar-refractivity contribution in [3.05, 3.63) is 12.3 Å². The number of aryl methyl sites for hydroxylation is 1. The maximum absolute atomic E-state index is 12.6. The Morgan fingerprint density at radius 1 is 1.48 bits per heavy atom. The Hall–Kier alpha value is -1.50. The number of piperidine rings is 1. The number of ether oxygens (including phenoxy) is 1. The lowest BCUT2D eigenvalue weighted by atomic mass is 10.1. The molecule has 2 rings (SSSR count). The number of carbonyl (C=O) groups excluding carboxylic acids is 2. The van der Waals surface area contributed by atoms with Crippen molar-refractivity contribution >= 4 is 29.5 Å². The van der Waals surface area contributed by atoms with E-state index < -0.39 is 5.60 Å². The summed E-state index contributed by atoms with van der Waals surface area (Å²) in [5.41, 5.74) is -0.460. The zero-order valence-electron chi connectivity index (χ0n) is 14.2. The molecule has 0 saturated carbocycles. The largest absolute Gasteiger partial charge is 0.460 e. The maximum atomic E-state index is 12.6. The molecule has 1 saturated heterocycles. The number of amides is 1. The second-order valence-electron chi connectivity index (χ2n) is 6.68. The van der Waals surface area contributed by atoms with E-state index >= 15 is 0 Å². The molecule has 1 fully saturated rings. The molecule has 2 heterocycles. The smallest absolute Gasteiger partial charge is 0.307 e. The molecule has 0 N–H and O–H groups in total. The normalized spacial score (nSPS) is 19.0. The van der Waals surface area contributed by atoms with Gasteiger partial charge in [-0.05, 0) is 33.6 Å². The van der Waals surface area contributed by atoms with Crippen molar-refractivity contribution < 1.29 is 14.3 Å². The number of carbonyl (C=O) groups is 2. The van der Waals surface area contributed by atoms with Gasteiger partial charge in [-0.25, -0.2) is 0 Å². The molecule has 1 amide bonds. The van der Waals surface area contributed by atoms with E-state index in [1.165, 1.54) is 11.8 Å². The number of hydrogen-bond donors (Lipinski definition) is 0. The van der Waals surface area contributed by atoms with Crippen molar-refractivity contribution in [3.63, 3.8) is 0 Å². The molecule has 1 aromatic heterocycles. The van der Waals surface area contributed by atoms with Gasteiger partial charge in [0.05, 0.1) is 11.7 Å². The fourth-order valence-corrected chi connectivity index (χ4v) is 3.62. The average molecular weight is 339 g/mol. The Labute approximate surface area is 141 Å². The highest BCUT2D eigenvalue weighted by Gasteiger charge is 2.31. The van der Waals surface area contributed by atoms with Gasteiger partial charge in [0.25, 0.3) is 0 Å². The van der Waals surface area contributed by atoms with Gasteiger partial charge in [-0.1, -0.05) is 0 Å². The van der Waals surface area contributed by atoms with Crippen molar-refractivity contribution in [3.8, 4) is 0 Å². The van der Waals surface area contributed by atoms with Crippen LogP contribution >= 0.6 is 11.8 Å². The number of hydrogen-bond acceptors (Lipinski definition) is 5. The summed E-state index contributed by atoms with van der Waals surface area (Å²) in [6.07, 6.45) is 3.96. The molecule has 6 nitrogen and oxygen atoms in total. The third kappa shape index (κ3) is 5.27. The summed E-state index contributed by atoms with van der Waals surface area (Å²) < 4.78 is 6.98. The van der Waals surface area contributed by atoms with Crippen molar-refractivity contribution in [2.45, 2.75) is 50.9 Å². The van der Waals surface area contributed by atoms with Crippen LogP contribution in [0.15, 0.2) is 12.3 Å². The molecule has 1 unspecified atom stereocenters. The van der Waals surface area contributed by atoms with Crippen LogP contribution in [0.5, 0.6) is 0 Å². The molecule has 1 aromatic rings. The van der Waals surface area contributed by atoms with Gasteiger partial charge in [-0.15, -0.1) is 11.8 Å². The molecule has 128 valence electrons. The van der Waals surface area contributed by atoms with Crippen molar-refractivity contribution in [1.29, 1.82) is 0 Å². The van der Waals surface area contributed by atoms with Gasteiger partial charge in [0, 0.05) is 31.6 Å². The number of esters is 1. The number of thioether (sulfide) groups is 1. The van der Waals surface area contributed by atoms with E-state index in [0.29, 0.717) is 24.5 Å². The number of rotatable bonds is 5. The summed E-state index contributed by atoms with van der Waals surface area (Å²) in [7, 11) is 1.84. The second-order valence-corrected chi connectivity index (χ2v) is 7.99. The summed E-state index contributed by atoms with van der Waals surface area (Å²) in [4.78, 5) is 26.1. The van der Waals surface area contributed by atoms with Crippen LogP contribution in [0.4, 0.5) is 5.82 Å². The molecule has 23 heavy (non-hydrogen) atoms. The van der Waals surface area contributed by atoms with Gasteiger partial charge in [0.1, 0.15) is 5.60 Å². The topological polar surface area (TPSA) is 64.4 Å². The lowest BCUT2D eigenvalue weighted by molar-refractivity contribution is -0.154. The van der Waals surface area contributed by atoms with Crippen LogP contribution in [0.25, 0.3) is 0 Å². The Balaban J connectivity index is 1.83. The molecule has 1 aliphatic rings. The van der Waals surface area contributed by atoms with E-state index in [4.69, 9.17) is 4.74 Å². The minimum absolute atomic E-state index is 0.0872. The van der Waals surface area contributed by atoms with Gasteiger partial charge in [0.2, 0.25) is 5.91 Å². The molecule has 1 atom stereocenters. The van der Waals surface area contributed by atoms with Gasteiger partial charge >= 0.3 is 5.97 Å². The second kappa shape index (κ2) is 7.38. The first-order chi connectivity index (χ1) is 10.8. The molecular weight excluding hydrogens is 314 g/mol. The van der Waals surface area contributed by atoms with E-state index in [1.54, 1.807) is 9.58 Å². The fraction of sp³-hybridized carbons (Fsp3) is 0.688. The first-order valence-electron chi connectivity index (χ1n) is 7.91.